The van der Waals surface area contributed by atoms with Crippen LogP contribution in [0.2, 0.25) is 0 Å². The van der Waals surface area contributed by atoms with Gasteiger partial charge in [-0.05, 0) is 31.9 Å². The fourth-order valence-corrected chi connectivity index (χ4v) is 1.91. The van der Waals surface area contributed by atoms with Gasteiger partial charge < -0.3 is 10.1 Å². The first-order chi connectivity index (χ1) is 7.02. The average molecular weight is 203 g/mol. The molecule has 1 heterocycles. The van der Waals surface area contributed by atoms with E-state index in [1.165, 1.54) is 5.56 Å². The van der Waals surface area contributed by atoms with E-state index >= 15 is 0 Å². The second-order valence-electron chi connectivity index (χ2n) is 3.86. The minimum atomic E-state index is -0.873. The molecular formula is C12H13NO2. The van der Waals surface area contributed by atoms with Crippen molar-refractivity contribution in [2.24, 2.45) is 0 Å². The molecular weight excluding hydrogens is 190 g/mol. The standard InChI is InChI=1S/C12H13NO2/c1-6-4-5-9-10(12(14)15)8(3)13-11(9)7(6)2/h4-5,13H,1-3H3,(H,14,15). The van der Waals surface area contributed by atoms with Crippen LogP contribution < -0.4 is 0 Å². The summed E-state index contributed by atoms with van der Waals surface area (Å²) in [6.45, 7) is 5.81. The van der Waals surface area contributed by atoms with Crippen molar-refractivity contribution in [1.29, 1.82) is 0 Å². The number of aromatic amines is 1. The van der Waals surface area contributed by atoms with E-state index in [1.54, 1.807) is 6.92 Å². The van der Waals surface area contributed by atoms with E-state index in [1.807, 2.05) is 26.0 Å². The summed E-state index contributed by atoms with van der Waals surface area (Å²) < 4.78 is 0. The number of nitrogens with one attached hydrogen (secondary N) is 1. The van der Waals surface area contributed by atoms with Gasteiger partial charge in [0.1, 0.15) is 0 Å². The molecule has 3 nitrogen and oxygen atoms in total. The smallest absolute Gasteiger partial charge is 0.338 e. The highest BCUT2D eigenvalue weighted by Crippen LogP contribution is 2.26. The molecule has 0 aliphatic carbocycles. The molecule has 0 atom stereocenters. The van der Waals surface area contributed by atoms with E-state index in [0.717, 1.165) is 16.5 Å². The van der Waals surface area contributed by atoms with Gasteiger partial charge in [0.25, 0.3) is 0 Å². The predicted molar refractivity (Wildman–Crippen MR) is 59.5 cm³/mol. The predicted octanol–water partition coefficient (Wildman–Crippen LogP) is 2.79. The monoisotopic (exact) mass is 203 g/mol. The lowest BCUT2D eigenvalue weighted by Gasteiger charge is -2.00. The number of carboxylic acids is 1. The third kappa shape index (κ3) is 1.31. The molecule has 1 aromatic heterocycles. The van der Waals surface area contributed by atoms with Crippen molar-refractivity contribution in [3.05, 3.63) is 34.5 Å². The van der Waals surface area contributed by atoms with Gasteiger partial charge in [-0.15, -0.1) is 0 Å². The second-order valence-corrected chi connectivity index (χ2v) is 3.86. The second kappa shape index (κ2) is 3.12. The van der Waals surface area contributed by atoms with Crippen LogP contribution in [-0.2, 0) is 0 Å². The number of fused-ring (bicyclic) bond motifs is 1. The van der Waals surface area contributed by atoms with Crippen molar-refractivity contribution in [1.82, 2.24) is 4.98 Å². The van der Waals surface area contributed by atoms with Gasteiger partial charge in [0, 0.05) is 16.6 Å². The van der Waals surface area contributed by atoms with Crippen LogP contribution in [0, 0.1) is 20.8 Å². The summed E-state index contributed by atoms with van der Waals surface area (Å²) in [5, 5.41) is 9.89. The molecule has 2 rings (SSSR count). The first kappa shape index (κ1) is 9.77. The van der Waals surface area contributed by atoms with Crippen LogP contribution in [0.5, 0.6) is 0 Å². The zero-order valence-corrected chi connectivity index (χ0v) is 9.01. The zero-order chi connectivity index (χ0) is 11.2. The third-order valence-corrected chi connectivity index (χ3v) is 2.91. The Labute approximate surface area is 87.7 Å². The highest BCUT2D eigenvalue weighted by atomic mass is 16.4. The number of hydrogen-bond acceptors (Lipinski definition) is 1. The summed E-state index contributed by atoms with van der Waals surface area (Å²) >= 11 is 0. The van der Waals surface area contributed by atoms with Gasteiger partial charge in [0.05, 0.1) is 5.56 Å². The molecule has 3 heteroatoms. The van der Waals surface area contributed by atoms with Crippen LogP contribution >= 0.6 is 0 Å². The third-order valence-electron chi connectivity index (χ3n) is 2.91. The molecule has 1 aromatic carbocycles. The molecule has 0 unspecified atom stereocenters. The number of aromatic nitrogens is 1. The Morgan fingerprint density at radius 1 is 1.27 bits per heavy atom. The SMILES string of the molecule is Cc1ccc2c(C(=O)O)c(C)[nH]c2c1C. The minimum Gasteiger partial charge on any atom is -0.478 e. The summed E-state index contributed by atoms with van der Waals surface area (Å²) in [6, 6.07) is 3.82. The van der Waals surface area contributed by atoms with Gasteiger partial charge in [0.15, 0.2) is 0 Å². The van der Waals surface area contributed by atoms with E-state index in [4.69, 9.17) is 5.11 Å². The van der Waals surface area contributed by atoms with Crippen LogP contribution in [0.15, 0.2) is 12.1 Å². The lowest BCUT2D eigenvalue weighted by atomic mass is 10.0. The molecule has 0 saturated heterocycles. The van der Waals surface area contributed by atoms with Crippen LogP contribution in [0.1, 0.15) is 27.2 Å². The molecule has 78 valence electrons. The number of H-pyrrole nitrogens is 1. The van der Waals surface area contributed by atoms with Gasteiger partial charge >= 0.3 is 5.97 Å². The van der Waals surface area contributed by atoms with E-state index in [-0.39, 0.29) is 0 Å². The maximum absolute atomic E-state index is 11.1. The van der Waals surface area contributed by atoms with Crippen molar-refractivity contribution in [3.8, 4) is 0 Å². The van der Waals surface area contributed by atoms with Crippen molar-refractivity contribution < 1.29 is 9.90 Å². The van der Waals surface area contributed by atoms with Crippen LogP contribution in [0.4, 0.5) is 0 Å². The molecule has 0 radical (unpaired) electrons. The first-order valence-electron chi connectivity index (χ1n) is 4.84. The normalized spacial score (nSPS) is 10.9. The Balaban J connectivity index is 2.91. The Morgan fingerprint density at radius 2 is 1.93 bits per heavy atom. The molecule has 15 heavy (non-hydrogen) atoms. The van der Waals surface area contributed by atoms with Crippen LogP contribution in [0.3, 0.4) is 0 Å². The molecule has 0 bridgehead atoms. The highest BCUT2D eigenvalue weighted by Gasteiger charge is 2.16. The van der Waals surface area contributed by atoms with Gasteiger partial charge in [-0.1, -0.05) is 12.1 Å². The lowest BCUT2D eigenvalue weighted by molar-refractivity contribution is 0.0698. The highest BCUT2D eigenvalue weighted by molar-refractivity contribution is 6.05. The average Bonchev–Trinajstić information content (AvgIpc) is 2.49. The molecule has 0 saturated carbocycles. The van der Waals surface area contributed by atoms with E-state index in [2.05, 4.69) is 4.98 Å². The number of hydrogen-bond donors (Lipinski definition) is 2. The van der Waals surface area contributed by atoms with Crippen LogP contribution in [-0.4, -0.2) is 16.1 Å². The molecule has 0 amide bonds. The summed E-state index contributed by atoms with van der Waals surface area (Å²) in [7, 11) is 0. The number of carboxylic acid groups (broad SMARTS) is 1. The van der Waals surface area contributed by atoms with Gasteiger partial charge in [-0.3, -0.25) is 0 Å². The molecule has 0 aliphatic heterocycles. The molecule has 2 N–H and O–H groups in total. The Morgan fingerprint density at radius 3 is 2.53 bits per heavy atom. The molecule has 2 aromatic rings. The van der Waals surface area contributed by atoms with Gasteiger partial charge in [-0.25, -0.2) is 4.79 Å². The van der Waals surface area contributed by atoms with Crippen LogP contribution in [0.25, 0.3) is 10.9 Å². The van der Waals surface area contributed by atoms with E-state index in [0.29, 0.717) is 11.3 Å². The largest absolute Gasteiger partial charge is 0.478 e. The maximum atomic E-state index is 11.1. The number of rotatable bonds is 1. The Kier molecular flexibility index (Phi) is 2.03. The van der Waals surface area contributed by atoms with E-state index < -0.39 is 5.97 Å². The Bertz CT molecular complexity index is 552. The summed E-state index contributed by atoms with van der Waals surface area (Å²) in [4.78, 5) is 14.2. The number of benzene rings is 1. The van der Waals surface area contributed by atoms with Crippen molar-refractivity contribution in [3.63, 3.8) is 0 Å². The van der Waals surface area contributed by atoms with Crippen molar-refractivity contribution >= 4 is 16.9 Å². The quantitative estimate of drug-likeness (QED) is 0.748. The van der Waals surface area contributed by atoms with Crippen molar-refractivity contribution in [2.45, 2.75) is 20.8 Å². The topological polar surface area (TPSA) is 53.1 Å². The van der Waals surface area contributed by atoms with E-state index in [9.17, 15) is 4.79 Å². The first-order valence-corrected chi connectivity index (χ1v) is 4.84. The fraction of sp³-hybridized carbons (Fsp3) is 0.250. The molecule has 0 aliphatic rings. The molecule has 0 fully saturated rings. The Hall–Kier alpha value is -1.77. The summed E-state index contributed by atoms with van der Waals surface area (Å²) in [5.41, 5.74) is 4.31. The van der Waals surface area contributed by atoms with Gasteiger partial charge in [0.2, 0.25) is 0 Å². The number of aromatic carboxylic acids is 1. The molecule has 0 spiro atoms. The summed E-state index contributed by atoms with van der Waals surface area (Å²) in [5.74, 6) is -0.873. The number of carbonyl (C=O) groups is 1. The fourth-order valence-electron chi connectivity index (χ4n) is 1.91. The minimum absolute atomic E-state index is 0.383. The lowest BCUT2D eigenvalue weighted by Crippen LogP contribution is -1.96. The van der Waals surface area contributed by atoms with Crippen molar-refractivity contribution in [2.75, 3.05) is 0 Å². The number of aryl methyl sites for hydroxylation is 3. The van der Waals surface area contributed by atoms with Gasteiger partial charge in [-0.2, -0.15) is 0 Å². The summed E-state index contributed by atoms with van der Waals surface area (Å²) in [6.07, 6.45) is 0. The zero-order valence-electron chi connectivity index (χ0n) is 9.01. The maximum Gasteiger partial charge on any atom is 0.338 e.